The molecule has 0 fully saturated rings. The molecule has 0 saturated heterocycles. The SMILES string of the molecule is NCc1ccccc1CN1CCOc2ccccc2C1=O. The number of benzene rings is 2. The van der Waals surface area contributed by atoms with E-state index in [1.54, 1.807) is 0 Å². The van der Waals surface area contributed by atoms with Gasteiger partial charge in [-0.05, 0) is 23.3 Å². The van der Waals surface area contributed by atoms with Crippen molar-refractivity contribution in [2.75, 3.05) is 13.2 Å². The van der Waals surface area contributed by atoms with Gasteiger partial charge in [0.05, 0.1) is 12.1 Å². The number of fused-ring (bicyclic) bond motifs is 1. The minimum absolute atomic E-state index is 0.00919. The molecule has 0 unspecified atom stereocenters. The van der Waals surface area contributed by atoms with E-state index in [9.17, 15) is 4.79 Å². The molecule has 2 aromatic rings. The van der Waals surface area contributed by atoms with Gasteiger partial charge in [-0.2, -0.15) is 0 Å². The second kappa shape index (κ2) is 5.97. The zero-order valence-electron chi connectivity index (χ0n) is 11.8. The van der Waals surface area contributed by atoms with Gasteiger partial charge in [0, 0.05) is 13.1 Å². The van der Waals surface area contributed by atoms with E-state index in [0.717, 1.165) is 11.1 Å². The van der Waals surface area contributed by atoms with E-state index in [1.165, 1.54) is 0 Å². The lowest BCUT2D eigenvalue weighted by Crippen LogP contribution is -2.32. The summed E-state index contributed by atoms with van der Waals surface area (Å²) in [5, 5.41) is 0. The van der Waals surface area contributed by atoms with E-state index < -0.39 is 0 Å². The Kier molecular flexibility index (Phi) is 3.88. The molecule has 4 nitrogen and oxygen atoms in total. The molecular formula is C17H18N2O2. The van der Waals surface area contributed by atoms with Crippen LogP contribution in [0.25, 0.3) is 0 Å². The number of carbonyl (C=O) groups is 1. The van der Waals surface area contributed by atoms with E-state index in [1.807, 2.05) is 53.4 Å². The minimum atomic E-state index is 0.00919. The molecule has 1 aliphatic heterocycles. The summed E-state index contributed by atoms with van der Waals surface area (Å²) in [5.74, 6) is 0.673. The van der Waals surface area contributed by atoms with Gasteiger partial charge in [-0.25, -0.2) is 0 Å². The molecule has 2 aromatic carbocycles. The molecule has 2 N–H and O–H groups in total. The summed E-state index contributed by atoms with van der Waals surface area (Å²) in [7, 11) is 0. The van der Waals surface area contributed by atoms with Crippen molar-refractivity contribution in [1.82, 2.24) is 4.90 Å². The third kappa shape index (κ3) is 2.76. The number of ether oxygens (including phenoxy) is 1. The highest BCUT2D eigenvalue weighted by Crippen LogP contribution is 2.24. The van der Waals surface area contributed by atoms with Gasteiger partial charge in [-0.15, -0.1) is 0 Å². The molecule has 108 valence electrons. The average molecular weight is 282 g/mol. The summed E-state index contributed by atoms with van der Waals surface area (Å²) >= 11 is 0. The highest BCUT2D eigenvalue weighted by Gasteiger charge is 2.23. The predicted octanol–water partition coefficient (Wildman–Crippen LogP) is 2.18. The van der Waals surface area contributed by atoms with Crippen molar-refractivity contribution in [3.05, 3.63) is 65.2 Å². The van der Waals surface area contributed by atoms with E-state index >= 15 is 0 Å². The number of nitrogens with two attached hydrogens (primary N) is 1. The van der Waals surface area contributed by atoms with Crippen LogP contribution in [0.4, 0.5) is 0 Å². The van der Waals surface area contributed by atoms with Crippen LogP contribution in [0.15, 0.2) is 48.5 Å². The van der Waals surface area contributed by atoms with Crippen LogP contribution in [-0.2, 0) is 13.1 Å². The molecule has 0 bridgehead atoms. The molecule has 0 spiro atoms. The van der Waals surface area contributed by atoms with Gasteiger partial charge in [0.15, 0.2) is 0 Å². The summed E-state index contributed by atoms with van der Waals surface area (Å²) in [5.41, 5.74) is 8.56. The Morgan fingerprint density at radius 3 is 2.57 bits per heavy atom. The largest absolute Gasteiger partial charge is 0.491 e. The van der Waals surface area contributed by atoms with Gasteiger partial charge in [-0.1, -0.05) is 36.4 Å². The van der Waals surface area contributed by atoms with Crippen molar-refractivity contribution in [3.8, 4) is 5.75 Å². The average Bonchev–Trinajstić information content (AvgIpc) is 2.68. The van der Waals surface area contributed by atoms with E-state index in [-0.39, 0.29) is 5.91 Å². The summed E-state index contributed by atoms with van der Waals surface area (Å²) in [4.78, 5) is 14.5. The Morgan fingerprint density at radius 2 is 1.76 bits per heavy atom. The lowest BCUT2D eigenvalue weighted by molar-refractivity contribution is 0.0742. The van der Waals surface area contributed by atoms with Crippen molar-refractivity contribution in [3.63, 3.8) is 0 Å². The van der Waals surface area contributed by atoms with Crippen LogP contribution < -0.4 is 10.5 Å². The third-order valence-corrected chi connectivity index (χ3v) is 3.72. The number of rotatable bonds is 3. The van der Waals surface area contributed by atoms with Crippen molar-refractivity contribution in [2.24, 2.45) is 5.73 Å². The molecule has 0 aliphatic carbocycles. The smallest absolute Gasteiger partial charge is 0.258 e. The van der Waals surface area contributed by atoms with Gasteiger partial charge >= 0.3 is 0 Å². The summed E-state index contributed by atoms with van der Waals surface area (Å²) in [6.07, 6.45) is 0. The zero-order valence-corrected chi connectivity index (χ0v) is 11.8. The fourth-order valence-electron chi connectivity index (χ4n) is 2.57. The molecular weight excluding hydrogens is 264 g/mol. The van der Waals surface area contributed by atoms with Crippen LogP contribution in [0.5, 0.6) is 5.75 Å². The number of para-hydroxylation sites is 1. The van der Waals surface area contributed by atoms with Gasteiger partial charge < -0.3 is 15.4 Å². The van der Waals surface area contributed by atoms with Crippen LogP contribution in [0.1, 0.15) is 21.5 Å². The third-order valence-electron chi connectivity index (χ3n) is 3.72. The number of nitrogens with zero attached hydrogens (tertiary/aromatic N) is 1. The fraction of sp³-hybridized carbons (Fsp3) is 0.235. The number of hydrogen-bond acceptors (Lipinski definition) is 3. The van der Waals surface area contributed by atoms with Crippen LogP contribution in [0.3, 0.4) is 0 Å². The second-order valence-corrected chi connectivity index (χ2v) is 5.04. The quantitative estimate of drug-likeness (QED) is 0.938. The van der Waals surface area contributed by atoms with Crippen molar-refractivity contribution < 1.29 is 9.53 Å². The van der Waals surface area contributed by atoms with Crippen LogP contribution in [-0.4, -0.2) is 24.0 Å². The lowest BCUT2D eigenvalue weighted by Gasteiger charge is -2.21. The number of hydrogen-bond donors (Lipinski definition) is 1. The second-order valence-electron chi connectivity index (χ2n) is 5.04. The van der Waals surface area contributed by atoms with Gasteiger partial charge in [0.2, 0.25) is 0 Å². The minimum Gasteiger partial charge on any atom is -0.491 e. The van der Waals surface area contributed by atoms with Crippen LogP contribution in [0.2, 0.25) is 0 Å². The molecule has 1 amide bonds. The molecule has 0 saturated carbocycles. The first-order valence-corrected chi connectivity index (χ1v) is 7.07. The van der Waals surface area contributed by atoms with Crippen LogP contribution >= 0.6 is 0 Å². The topological polar surface area (TPSA) is 55.6 Å². The van der Waals surface area contributed by atoms with Gasteiger partial charge in [0.25, 0.3) is 5.91 Å². The molecule has 0 aromatic heterocycles. The number of amides is 1. The summed E-state index contributed by atoms with van der Waals surface area (Å²) < 4.78 is 5.66. The van der Waals surface area contributed by atoms with E-state index in [2.05, 4.69) is 0 Å². The Bertz CT molecular complexity index is 655. The highest BCUT2D eigenvalue weighted by molar-refractivity contribution is 5.97. The first-order valence-electron chi connectivity index (χ1n) is 7.07. The van der Waals surface area contributed by atoms with Gasteiger partial charge in [-0.3, -0.25) is 4.79 Å². The van der Waals surface area contributed by atoms with Crippen LogP contribution in [0, 0.1) is 0 Å². The molecule has 3 rings (SSSR count). The molecule has 1 heterocycles. The summed E-state index contributed by atoms with van der Waals surface area (Å²) in [6.45, 7) is 2.12. The maximum atomic E-state index is 12.7. The maximum Gasteiger partial charge on any atom is 0.258 e. The monoisotopic (exact) mass is 282 g/mol. The molecule has 1 aliphatic rings. The Morgan fingerprint density at radius 1 is 1.05 bits per heavy atom. The normalized spacial score (nSPS) is 14.3. The van der Waals surface area contributed by atoms with E-state index in [4.69, 9.17) is 10.5 Å². The summed E-state index contributed by atoms with van der Waals surface area (Å²) in [6, 6.07) is 15.4. The fourth-order valence-corrected chi connectivity index (χ4v) is 2.57. The van der Waals surface area contributed by atoms with E-state index in [0.29, 0.717) is 37.6 Å². The lowest BCUT2D eigenvalue weighted by atomic mass is 10.1. The molecule has 0 radical (unpaired) electrons. The maximum absolute atomic E-state index is 12.7. The molecule has 21 heavy (non-hydrogen) atoms. The standard InChI is InChI=1S/C17H18N2O2/c18-11-13-5-1-2-6-14(13)12-19-9-10-21-16-8-4-3-7-15(16)17(19)20/h1-8H,9-12,18H2. The zero-order chi connectivity index (χ0) is 14.7. The Balaban J connectivity index is 1.88. The number of carbonyl (C=O) groups excluding carboxylic acids is 1. The molecule has 0 atom stereocenters. The van der Waals surface area contributed by atoms with Gasteiger partial charge in [0.1, 0.15) is 12.4 Å². The first kappa shape index (κ1) is 13.6. The first-order chi connectivity index (χ1) is 10.3. The Labute approximate surface area is 124 Å². The Hall–Kier alpha value is -2.33. The molecule has 4 heteroatoms. The van der Waals surface area contributed by atoms with Crippen molar-refractivity contribution in [2.45, 2.75) is 13.1 Å². The van der Waals surface area contributed by atoms with Crippen molar-refractivity contribution >= 4 is 5.91 Å². The predicted molar refractivity (Wildman–Crippen MR) is 81.0 cm³/mol. The highest BCUT2D eigenvalue weighted by atomic mass is 16.5. The van der Waals surface area contributed by atoms with Crippen molar-refractivity contribution in [1.29, 1.82) is 0 Å².